The standard InChI is InChI=1S/C17H14F2N2O2S/c18-13-5-1-11(2-6-13)15-16(12-3-7-14(19)8-4-12)21-17(20-15)24(23)10-9-22/h1-8,22H,9-10H2,(H,20,21). The average Bonchev–Trinajstić information content (AvgIpc) is 3.02. The van der Waals surface area contributed by atoms with E-state index in [0.717, 1.165) is 0 Å². The Labute approximate surface area is 140 Å². The van der Waals surface area contributed by atoms with Gasteiger partial charge in [0.1, 0.15) is 23.1 Å². The molecule has 0 spiro atoms. The maximum absolute atomic E-state index is 13.2. The molecular formula is C17H14F2N2O2S. The van der Waals surface area contributed by atoms with Crippen molar-refractivity contribution >= 4 is 11.2 Å². The van der Waals surface area contributed by atoms with E-state index in [1.807, 2.05) is 0 Å². The molecule has 124 valence electrons. The fourth-order valence-corrected chi connectivity index (χ4v) is 3.05. The van der Waals surface area contributed by atoms with Gasteiger partial charge in [-0.2, -0.15) is 4.98 Å². The van der Waals surface area contributed by atoms with Crippen LogP contribution in [0.15, 0.2) is 53.7 Å². The Morgan fingerprint density at radius 1 is 0.958 bits per heavy atom. The Balaban J connectivity index is 2.10. The number of benzene rings is 2. The molecule has 0 aliphatic heterocycles. The molecule has 1 aromatic heterocycles. The maximum Gasteiger partial charge on any atom is 0.321 e. The Bertz CT molecular complexity index is 757. The molecule has 0 fully saturated rings. The summed E-state index contributed by atoms with van der Waals surface area (Å²) in [4.78, 5) is 7.32. The molecule has 0 aliphatic rings. The predicted molar refractivity (Wildman–Crippen MR) is 87.7 cm³/mol. The lowest BCUT2D eigenvalue weighted by molar-refractivity contribution is 0.319. The van der Waals surface area contributed by atoms with E-state index in [2.05, 4.69) is 9.97 Å². The number of nitrogens with one attached hydrogen (secondary N) is 1. The number of halogens is 2. The minimum atomic E-state index is -1.49. The minimum Gasteiger partial charge on any atom is -0.609 e. The highest BCUT2D eigenvalue weighted by molar-refractivity contribution is 7.91. The highest BCUT2D eigenvalue weighted by Crippen LogP contribution is 2.31. The van der Waals surface area contributed by atoms with E-state index in [1.165, 1.54) is 24.3 Å². The van der Waals surface area contributed by atoms with Crippen molar-refractivity contribution in [3.8, 4) is 22.5 Å². The fraction of sp³-hybridized carbons (Fsp3) is 0.118. The number of aliphatic hydroxyl groups is 1. The lowest BCUT2D eigenvalue weighted by Crippen LogP contribution is -2.11. The topological polar surface area (TPSA) is 72.0 Å². The molecule has 24 heavy (non-hydrogen) atoms. The normalized spacial score (nSPS) is 12.3. The van der Waals surface area contributed by atoms with E-state index in [-0.39, 0.29) is 29.2 Å². The summed E-state index contributed by atoms with van der Waals surface area (Å²) in [6, 6.07) is 11.5. The van der Waals surface area contributed by atoms with Gasteiger partial charge < -0.3 is 9.66 Å². The van der Waals surface area contributed by atoms with Crippen LogP contribution >= 0.6 is 0 Å². The molecule has 3 aromatic rings. The number of rotatable bonds is 5. The van der Waals surface area contributed by atoms with Gasteiger partial charge >= 0.3 is 5.16 Å². The Morgan fingerprint density at radius 2 is 1.50 bits per heavy atom. The fourth-order valence-electron chi connectivity index (χ4n) is 2.28. The summed E-state index contributed by atoms with van der Waals surface area (Å²) < 4.78 is 38.4. The van der Waals surface area contributed by atoms with Gasteiger partial charge in [-0.3, -0.25) is 4.98 Å². The summed E-state index contributed by atoms with van der Waals surface area (Å²) in [5.41, 5.74) is 2.35. The molecule has 0 bridgehead atoms. The average molecular weight is 348 g/mol. The monoisotopic (exact) mass is 348 g/mol. The Morgan fingerprint density at radius 3 is 2.04 bits per heavy atom. The minimum absolute atomic E-state index is 0.0548. The zero-order chi connectivity index (χ0) is 17.1. The van der Waals surface area contributed by atoms with Crippen LogP contribution in [-0.2, 0) is 11.2 Å². The van der Waals surface area contributed by atoms with Crippen LogP contribution < -0.4 is 0 Å². The van der Waals surface area contributed by atoms with Crippen molar-refractivity contribution in [2.75, 3.05) is 12.4 Å². The van der Waals surface area contributed by atoms with Gasteiger partial charge in [-0.25, -0.2) is 8.78 Å². The summed E-state index contributed by atoms with van der Waals surface area (Å²) in [5, 5.41) is 9.16. The smallest absolute Gasteiger partial charge is 0.321 e. The Hall–Kier alpha value is -2.22. The largest absolute Gasteiger partial charge is 0.609 e. The molecule has 1 unspecified atom stereocenters. The molecule has 1 heterocycles. The second kappa shape index (κ2) is 7.12. The van der Waals surface area contributed by atoms with E-state index in [0.29, 0.717) is 22.5 Å². The number of hydrogen-bond donors (Lipinski definition) is 2. The lowest BCUT2D eigenvalue weighted by atomic mass is 10.1. The first-order valence-electron chi connectivity index (χ1n) is 7.19. The van der Waals surface area contributed by atoms with Crippen LogP contribution in [0.2, 0.25) is 0 Å². The summed E-state index contributed by atoms with van der Waals surface area (Å²) in [7, 11) is 0. The van der Waals surface area contributed by atoms with Crippen molar-refractivity contribution in [3.05, 3.63) is 60.2 Å². The second-order valence-electron chi connectivity index (χ2n) is 5.05. The van der Waals surface area contributed by atoms with Crippen LogP contribution in [0.5, 0.6) is 0 Å². The van der Waals surface area contributed by atoms with Gasteiger partial charge in [-0.15, -0.1) is 0 Å². The van der Waals surface area contributed by atoms with Crippen molar-refractivity contribution < 1.29 is 18.4 Å². The molecule has 1 atom stereocenters. The number of hydrogen-bond acceptors (Lipinski definition) is 3. The predicted octanol–water partition coefficient (Wildman–Crippen LogP) is 3.12. The molecule has 3 rings (SSSR count). The number of aromatic amines is 1. The van der Waals surface area contributed by atoms with Crippen LogP contribution in [0.25, 0.3) is 22.5 Å². The third-order valence-corrected chi connectivity index (χ3v) is 4.60. The second-order valence-corrected chi connectivity index (χ2v) is 6.54. The van der Waals surface area contributed by atoms with Gasteiger partial charge in [-0.05, 0) is 48.5 Å². The van der Waals surface area contributed by atoms with Gasteiger partial charge in [-0.1, -0.05) is 0 Å². The van der Waals surface area contributed by atoms with Crippen molar-refractivity contribution in [2.45, 2.75) is 5.16 Å². The SMILES string of the molecule is [O-][S+](CCO)c1nc(-c2ccc(F)cc2)c(-c2ccc(F)cc2)[nH]1. The number of H-pyrrole nitrogens is 1. The number of imidazole rings is 1. The van der Waals surface area contributed by atoms with Crippen molar-refractivity contribution in [1.82, 2.24) is 9.97 Å². The highest BCUT2D eigenvalue weighted by atomic mass is 32.2. The van der Waals surface area contributed by atoms with E-state index >= 15 is 0 Å². The van der Waals surface area contributed by atoms with E-state index in [4.69, 9.17) is 5.11 Å². The summed E-state index contributed by atoms with van der Waals surface area (Å²) in [6.07, 6.45) is 0. The van der Waals surface area contributed by atoms with Crippen LogP contribution in [0, 0.1) is 11.6 Å². The number of aliphatic hydroxyl groups excluding tert-OH is 1. The van der Waals surface area contributed by atoms with Crippen LogP contribution in [0.3, 0.4) is 0 Å². The van der Waals surface area contributed by atoms with Crippen LogP contribution in [-0.4, -0.2) is 32.0 Å². The quantitative estimate of drug-likeness (QED) is 0.696. The first-order chi connectivity index (χ1) is 11.6. The highest BCUT2D eigenvalue weighted by Gasteiger charge is 2.21. The molecule has 2 aromatic carbocycles. The molecule has 0 aliphatic carbocycles. The van der Waals surface area contributed by atoms with Gasteiger partial charge in [0, 0.05) is 22.3 Å². The zero-order valence-electron chi connectivity index (χ0n) is 12.5. The van der Waals surface area contributed by atoms with E-state index < -0.39 is 11.2 Å². The van der Waals surface area contributed by atoms with Gasteiger partial charge in [0.15, 0.2) is 0 Å². The third kappa shape index (κ3) is 3.48. The third-order valence-electron chi connectivity index (χ3n) is 3.42. The molecular weight excluding hydrogens is 334 g/mol. The first-order valence-corrected chi connectivity index (χ1v) is 8.51. The zero-order valence-corrected chi connectivity index (χ0v) is 13.3. The van der Waals surface area contributed by atoms with Gasteiger partial charge in [0.25, 0.3) is 0 Å². The molecule has 0 radical (unpaired) electrons. The van der Waals surface area contributed by atoms with E-state index in [9.17, 15) is 13.3 Å². The van der Waals surface area contributed by atoms with Crippen molar-refractivity contribution in [1.29, 1.82) is 0 Å². The first kappa shape index (κ1) is 16.6. The van der Waals surface area contributed by atoms with Gasteiger partial charge in [0.05, 0.1) is 12.3 Å². The lowest BCUT2D eigenvalue weighted by Gasteiger charge is -2.03. The van der Waals surface area contributed by atoms with Crippen molar-refractivity contribution in [2.24, 2.45) is 0 Å². The molecule has 0 saturated heterocycles. The number of aromatic nitrogens is 2. The maximum atomic E-state index is 13.2. The summed E-state index contributed by atoms with van der Waals surface area (Å²) >= 11 is -1.49. The summed E-state index contributed by atoms with van der Waals surface area (Å²) in [6.45, 7) is -0.231. The molecule has 2 N–H and O–H groups in total. The van der Waals surface area contributed by atoms with E-state index in [1.54, 1.807) is 24.3 Å². The van der Waals surface area contributed by atoms with Crippen LogP contribution in [0.1, 0.15) is 0 Å². The number of nitrogens with zero attached hydrogens (tertiary/aromatic N) is 1. The van der Waals surface area contributed by atoms with Gasteiger partial charge in [0.2, 0.25) is 0 Å². The molecule has 0 saturated carbocycles. The summed E-state index contributed by atoms with van der Waals surface area (Å²) in [5.74, 6) is -0.688. The molecule has 0 amide bonds. The molecule has 7 heteroatoms. The van der Waals surface area contributed by atoms with Crippen LogP contribution in [0.4, 0.5) is 8.78 Å². The van der Waals surface area contributed by atoms with Crippen molar-refractivity contribution in [3.63, 3.8) is 0 Å². The Kier molecular flexibility index (Phi) is 4.94. The molecule has 4 nitrogen and oxygen atoms in total.